The second kappa shape index (κ2) is 4.86. The summed E-state index contributed by atoms with van der Waals surface area (Å²) in [4.78, 5) is 11.4. The Morgan fingerprint density at radius 3 is 1.88 bits per heavy atom. The van der Waals surface area contributed by atoms with E-state index in [4.69, 9.17) is 4.74 Å². The number of benzene rings is 2. The molecule has 2 aromatic rings. The first-order valence-electron chi connectivity index (χ1n) is 4.80. The molecule has 0 spiro atoms. The fourth-order valence-corrected chi connectivity index (χ4v) is 1.41. The molecule has 0 fully saturated rings. The van der Waals surface area contributed by atoms with Crippen molar-refractivity contribution in [2.45, 2.75) is 4.90 Å². The van der Waals surface area contributed by atoms with Gasteiger partial charge in [-0.1, -0.05) is 0 Å². The average Bonchev–Trinajstić information content (AvgIpc) is 2.33. The highest BCUT2D eigenvalue weighted by atomic mass is 32.1. The van der Waals surface area contributed by atoms with Gasteiger partial charge in [-0.25, -0.2) is 0 Å². The Labute approximate surface area is 99.3 Å². The van der Waals surface area contributed by atoms with E-state index in [9.17, 15) is 4.79 Å². The summed E-state index contributed by atoms with van der Waals surface area (Å²) in [6, 6.07) is 14.4. The predicted molar refractivity (Wildman–Crippen MR) is 65.6 cm³/mol. The molecule has 0 radical (unpaired) electrons. The molecule has 0 aliphatic carbocycles. The Morgan fingerprint density at radius 2 is 1.38 bits per heavy atom. The molecule has 2 rings (SSSR count). The van der Waals surface area contributed by atoms with E-state index >= 15 is 0 Å². The maximum absolute atomic E-state index is 10.5. The molecule has 0 atom stereocenters. The molecular formula is C13H10O2S. The quantitative estimate of drug-likeness (QED) is 0.644. The number of hydrogen-bond donors (Lipinski definition) is 1. The van der Waals surface area contributed by atoms with Crippen LogP contribution < -0.4 is 4.74 Å². The second-order valence-corrected chi connectivity index (χ2v) is 3.80. The van der Waals surface area contributed by atoms with Gasteiger partial charge in [0.15, 0.2) is 0 Å². The molecule has 0 bridgehead atoms. The Hall–Kier alpha value is -1.74. The van der Waals surface area contributed by atoms with Gasteiger partial charge >= 0.3 is 0 Å². The maximum Gasteiger partial charge on any atom is 0.150 e. The smallest absolute Gasteiger partial charge is 0.150 e. The van der Waals surface area contributed by atoms with E-state index in [0.29, 0.717) is 11.3 Å². The molecule has 0 saturated carbocycles. The zero-order valence-electron chi connectivity index (χ0n) is 8.46. The maximum atomic E-state index is 10.5. The third-order valence-electron chi connectivity index (χ3n) is 2.09. The van der Waals surface area contributed by atoms with E-state index in [1.54, 1.807) is 24.3 Å². The lowest BCUT2D eigenvalue weighted by Crippen LogP contribution is -1.85. The zero-order valence-corrected chi connectivity index (χ0v) is 9.35. The predicted octanol–water partition coefficient (Wildman–Crippen LogP) is 3.58. The van der Waals surface area contributed by atoms with Gasteiger partial charge in [0, 0.05) is 10.5 Å². The van der Waals surface area contributed by atoms with Crippen molar-refractivity contribution in [3.05, 3.63) is 54.1 Å². The first kappa shape index (κ1) is 10.8. The standard InChI is InChI=1S/C13H10O2S/c14-9-10-1-3-11(4-2-10)15-12-5-7-13(16)8-6-12/h1-9,16H. The summed E-state index contributed by atoms with van der Waals surface area (Å²) in [5.41, 5.74) is 0.637. The number of hydrogen-bond acceptors (Lipinski definition) is 3. The van der Waals surface area contributed by atoms with Gasteiger partial charge < -0.3 is 4.74 Å². The van der Waals surface area contributed by atoms with Crippen LogP contribution in [0.5, 0.6) is 11.5 Å². The topological polar surface area (TPSA) is 26.3 Å². The van der Waals surface area contributed by atoms with Crippen molar-refractivity contribution in [2.24, 2.45) is 0 Å². The normalized spacial score (nSPS) is 9.81. The van der Waals surface area contributed by atoms with Crippen molar-refractivity contribution in [3.63, 3.8) is 0 Å². The van der Waals surface area contributed by atoms with Gasteiger partial charge in [-0.3, -0.25) is 4.79 Å². The zero-order chi connectivity index (χ0) is 11.4. The van der Waals surface area contributed by atoms with Crippen LogP contribution >= 0.6 is 12.6 Å². The highest BCUT2D eigenvalue weighted by Crippen LogP contribution is 2.22. The molecule has 0 aromatic heterocycles. The number of carbonyl (C=O) groups is 1. The number of ether oxygens (including phenoxy) is 1. The molecular weight excluding hydrogens is 220 g/mol. The Kier molecular flexibility index (Phi) is 3.27. The number of aldehydes is 1. The first-order chi connectivity index (χ1) is 7.78. The lowest BCUT2D eigenvalue weighted by molar-refractivity contribution is 0.112. The van der Waals surface area contributed by atoms with E-state index in [-0.39, 0.29) is 0 Å². The third-order valence-corrected chi connectivity index (χ3v) is 2.39. The summed E-state index contributed by atoms with van der Waals surface area (Å²) in [5, 5.41) is 0. The van der Waals surface area contributed by atoms with Crippen LogP contribution in [0.4, 0.5) is 0 Å². The summed E-state index contributed by atoms with van der Waals surface area (Å²) in [6.07, 6.45) is 0.805. The van der Waals surface area contributed by atoms with Crippen LogP contribution in [0.2, 0.25) is 0 Å². The van der Waals surface area contributed by atoms with E-state index in [1.807, 2.05) is 24.3 Å². The van der Waals surface area contributed by atoms with E-state index < -0.39 is 0 Å². The van der Waals surface area contributed by atoms with Crippen molar-refractivity contribution < 1.29 is 9.53 Å². The molecule has 3 heteroatoms. The molecule has 16 heavy (non-hydrogen) atoms. The molecule has 0 amide bonds. The minimum atomic E-state index is 0.637. The van der Waals surface area contributed by atoms with E-state index in [1.165, 1.54) is 0 Å². The Bertz CT molecular complexity index is 474. The molecule has 2 nitrogen and oxygen atoms in total. The molecule has 0 heterocycles. The van der Waals surface area contributed by atoms with Crippen LogP contribution in [0.1, 0.15) is 10.4 Å². The number of rotatable bonds is 3. The van der Waals surface area contributed by atoms with E-state index in [0.717, 1.165) is 16.9 Å². The van der Waals surface area contributed by atoms with Gasteiger partial charge in [-0.2, -0.15) is 0 Å². The van der Waals surface area contributed by atoms with Gasteiger partial charge in [0.1, 0.15) is 17.8 Å². The summed E-state index contributed by atoms with van der Waals surface area (Å²) < 4.78 is 5.58. The molecule has 80 valence electrons. The van der Waals surface area contributed by atoms with Crippen molar-refractivity contribution >= 4 is 18.9 Å². The summed E-state index contributed by atoms with van der Waals surface area (Å²) in [5.74, 6) is 1.45. The van der Waals surface area contributed by atoms with Crippen molar-refractivity contribution in [3.8, 4) is 11.5 Å². The van der Waals surface area contributed by atoms with Crippen LogP contribution in [-0.2, 0) is 0 Å². The van der Waals surface area contributed by atoms with Gasteiger partial charge in [0.25, 0.3) is 0 Å². The van der Waals surface area contributed by atoms with Crippen LogP contribution in [0.25, 0.3) is 0 Å². The average molecular weight is 230 g/mol. The number of carbonyl (C=O) groups excluding carboxylic acids is 1. The Morgan fingerprint density at radius 1 is 0.875 bits per heavy atom. The van der Waals surface area contributed by atoms with Gasteiger partial charge in [0.05, 0.1) is 0 Å². The van der Waals surface area contributed by atoms with Gasteiger partial charge in [-0.05, 0) is 48.5 Å². The number of thiol groups is 1. The monoisotopic (exact) mass is 230 g/mol. The largest absolute Gasteiger partial charge is 0.457 e. The second-order valence-electron chi connectivity index (χ2n) is 3.28. The van der Waals surface area contributed by atoms with Crippen LogP contribution in [0, 0.1) is 0 Å². The SMILES string of the molecule is O=Cc1ccc(Oc2ccc(S)cc2)cc1. The van der Waals surface area contributed by atoms with Gasteiger partial charge in [0.2, 0.25) is 0 Å². The van der Waals surface area contributed by atoms with Crippen LogP contribution in [0.15, 0.2) is 53.4 Å². The Balaban J connectivity index is 2.14. The molecule has 0 N–H and O–H groups in total. The summed E-state index contributed by atoms with van der Waals surface area (Å²) >= 11 is 4.19. The van der Waals surface area contributed by atoms with Crippen molar-refractivity contribution in [2.75, 3.05) is 0 Å². The molecule has 0 unspecified atom stereocenters. The minimum Gasteiger partial charge on any atom is -0.457 e. The van der Waals surface area contributed by atoms with Crippen LogP contribution in [0.3, 0.4) is 0 Å². The fourth-order valence-electron chi connectivity index (χ4n) is 1.26. The van der Waals surface area contributed by atoms with Crippen molar-refractivity contribution in [1.82, 2.24) is 0 Å². The highest BCUT2D eigenvalue weighted by molar-refractivity contribution is 7.80. The van der Waals surface area contributed by atoms with E-state index in [2.05, 4.69) is 12.6 Å². The minimum absolute atomic E-state index is 0.637. The third kappa shape index (κ3) is 2.64. The fraction of sp³-hybridized carbons (Fsp3) is 0. The molecule has 2 aromatic carbocycles. The lowest BCUT2D eigenvalue weighted by atomic mass is 10.2. The first-order valence-corrected chi connectivity index (χ1v) is 5.25. The van der Waals surface area contributed by atoms with Gasteiger partial charge in [-0.15, -0.1) is 12.6 Å². The highest BCUT2D eigenvalue weighted by Gasteiger charge is 1.97. The summed E-state index contributed by atoms with van der Waals surface area (Å²) in [7, 11) is 0. The lowest BCUT2D eigenvalue weighted by Gasteiger charge is -2.05. The van der Waals surface area contributed by atoms with Crippen LogP contribution in [-0.4, -0.2) is 6.29 Å². The van der Waals surface area contributed by atoms with Crippen molar-refractivity contribution in [1.29, 1.82) is 0 Å². The molecule has 0 saturated heterocycles. The molecule has 0 aliphatic heterocycles. The summed E-state index contributed by atoms with van der Waals surface area (Å²) in [6.45, 7) is 0. The molecule has 0 aliphatic rings.